The van der Waals surface area contributed by atoms with E-state index in [0.717, 1.165) is 16.6 Å². The Morgan fingerprint density at radius 2 is 1.89 bits per heavy atom. The number of rotatable bonds is 6. The van der Waals surface area contributed by atoms with E-state index in [1.54, 1.807) is 12.1 Å². The van der Waals surface area contributed by atoms with Gasteiger partial charge in [-0.2, -0.15) is 0 Å². The van der Waals surface area contributed by atoms with Gasteiger partial charge in [-0.05, 0) is 37.6 Å². The van der Waals surface area contributed by atoms with E-state index in [2.05, 4.69) is 15.3 Å². The van der Waals surface area contributed by atoms with Gasteiger partial charge >= 0.3 is 0 Å². The van der Waals surface area contributed by atoms with Gasteiger partial charge < -0.3 is 10.3 Å². The summed E-state index contributed by atoms with van der Waals surface area (Å²) in [6.45, 7) is 2.41. The molecular weight excluding hydrogens is 356 g/mol. The third-order valence-corrected chi connectivity index (χ3v) is 4.80. The minimum Gasteiger partial charge on any atom is -0.349 e. The van der Waals surface area contributed by atoms with Crippen LogP contribution >= 0.6 is 0 Å². The first kappa shape index (κ1) is 17.9. The molecule has 0 saturated carbocycles. The van der Waals surface area contributed by atoms with E-state index < -0.39 is 0 Å². The molecule has 28 heavy (non-hydrogen) atoms. The zero-order valence-corrected chi connectivity index (χ0v) is 15.5. The monoisotopic (exact) mass is 376 g/mol. The van der Waals surface area contributed by atoms with Crippen molar-refractivity contribution in [1.29, 1.82) is 0 Å². The number of imide groups is 1. The molecule has 0 saturated heterocycles. The van der Waals surface area contributed by atoms with Crippen LogP contribution in [0.15, 0.2) is 42.5 Å². The van der Waals surface area contributed by atoms with Gasteiger partial charge in [0.2, 0.25) is 5.91 Å². The molecule has 4 rings (SSSR count). The van der Waals surface area contributed by atoms with Crippen molar-refractivity contribution in [2.45, 2.75) is 26.3 Å². The number of nitrogens with one attached hydrogen (secondary N) is 2. The SMILES string of the molecule is Cc1ccc2c(c1)C(=O)N(CCCC(=O)NCc1nc3ccccc3[nH]1)C2=O. The van der Waals surface area contributed by atoms with Crippen LogP contribution < -0.4 is 5.32 Å². The highest BCUT2D eigenvalue weighted by Crippen LogP contribution is 2.24. The van der Waals surface area contributed by atoms with E-state index >= 15 is 0 Å². The first-order chi connectivity index (χ1) is 13.5. The quantitative estimate of drug-likeness (QED) is 0.647. The molecule has 0 radical (unpaired) electrons. The molecule has 2 heterocycles. The Balaban J connectivity index is 1.27. The summed E-state index contributed by atoms with van der Waals surface area (Å²) in [5.41, 5.74) is 3.59. The molecule has 2 N–H and O–H groups in total. The Hall–Kier alpha value is -3.48. The second kappa shape index (κ2) is 7.26. The molecule has 7 heteroatoms. The van der Waals surface area contributed by atoms with Crippen molar-refractivity contribution in [2.75, 3.05) is 6.54 Å². The molecule has 0 aliphatic carbocycles. The third kappa shape index (κ3) is 3.38. The maximum Gasteiger partial charge on any atom is 0.261 e. The molecule has 0 fully saturated rings. The summed E-state index contributed by atoms with van der Waals surface area (Å²) in [6.07, 6.45) is 0.642. The fraction of sp³-hybridized carbons (Fsp3) is 0.238. The molecule has 142 valence electrons. The van der Waals surface area contributed by atoms with Crippen LogP contribution in [0.3, 0.4) is 0 Å². The molecule has 7 nitrogen and oxygen atoms in total. The molecule has 1 aromatic heterocycles. The Labute approximate surface area is 161 Å². The second-order valence-corrected chi connectivity index (χ2v) is 6.89. The molecule has 3 amide bonds. The fourth-order valence-electron chi connectivity index (χ4n) is 3.37. The predicted molar refractivity (Wildman–Crippen MR) is 104 cm³/mol. The summed E-state index contributed by atoms with van der Waals surface area (Å²) >= 11 is 0. The van der Waals surface area contributed by atoms with Gasteiger partial charge in [0.25, 0.3) is 11.8 Å². The van der Waals surface area contributed by atoms with Gasteiger partial charge in [0.05, 0.1) is 28.7 Å². The minimum atomic E-state index is -0.289. The predicted octanol–water partition coefficient (Wildman–Crippen LogP) is 2.56. The van der Waals surface area contributed by atoms with Crippen molar-refractivity contribution in [1.82, 2.24) is 20.2 Å². The maximum atomic E-state index is 12.4. The number of para-hydroxylation sites is 2. The number of hydrogen-bond acceptors (Lipinski definition) is 4. The van der Waals surface area contributed by atoms with E-state index in [9.17, 15) is 14.4 Å². The summed E-state index contributed by atoms with van der Waals surface area (Å²) in [6, 6.07) is 12.9. The summed E-state index contributed by atoms with van der Waals surface area (Å²) in [4.78, 5) is 45.7. The lowest BCUT2D eigenvalue weighted by molar-refractivity contribution is -0.121. The number of nitrogens with zero attached hydrogens (tertiary/aromatic N) is 2. The van der Waals surface area contributed by atoms with Gasteiger partial charge in [0.1, 0.15) is 5.82 Å². The zero-order valence-electron chi connectivity index (χ0n) is 15.5. The van der Waals surface area contributed by atoms with E-state index in [0.29, 0.717) is 29.9 Å². The van der Waals surface area contributed by atoms with E-state index in [1.165, 1.54) is 4.90 Å². The minimum absolute atomic E-state index is 0.145. The van der Waals surface area contributed by atoms with Gasteiger partial charge in [-0.1, -0.05) is 23.8 Å². The number of carbonyl (C=O) groups excluding carboxylic acids is 3. The molecule has 2 aromatic carbocycles. The van der Waals surface area contributed by atoms with Crippen molar-refractivity contribution >= 4 is 28.8 Å². The Bertz CT molecular complexity index is 1050. The smallest absolute Gasteiger partial charge is 0.261 e. The number of aryl methyl sites for hydroxylation is 1. The molecular formula is C21H20N4O3. The largest absolute Gasteiger partial charge is 0.349 e. The van der Waals surface area contributed by atoms with Crippen LogP contribution in [0.5, 0.6) is 0 Å². The molecule has 0 atom stereocenters. The highest BCUT2D eigenvalue weighted by molar-refractivity contribution is 6.21. The number of amides is 3. The van der Waals surface area contributed by atoms with Crippen LogP contribution in [0.4, 0.5) is 0 Å². The van der Waals surface area contributed by atoms with Crippen molar-refractivity contribution in [2.24, 2.45) is 0 Å². The van der Waals surface area contributed by atoms with Gasteiger partial charge in [-0.15, -0.1) is 0 Å². The number of fused-ring (bicyclic) bond motifs is 2. The van der Waals surface area contributed by atoms with Crippen LogP contribution in [-0.2, 0) is 11.3 Å². The molecule has 1 aliphatic heterocycles. The van der Waals surface area contributed by atoms with E-state index in [-0.39, 0.29) is 30.7 Å². The number of benzene rings is 2. The maximum absolute atomic E-state index is 12.4. The van der Waals surface area contributed by atoms with Crippen LogP contribution in [0.2, 0.25) is 0 Å². The molecule has 3 aromatic rings. The standard InChI is InChI=1S/C21H20N4O3/c1-13-8-9-14-15(11-13)21(28)25(20(14)27)10-4-7-19(26)22-12-18-23-16-5-2-3-6-17(16)24-18/h2-3,5-6,8-9,11H,4,7,10,12H2,1H3,(H,22,26)(H,23,24). The summed E-state index contributed by atoms with van der Waals surface area (Å²) < 4.78 is 0. The number of hydrogen-bond donors (Lipinski definition) is 2. The van der Waals surface area contributed by atoms with E-state index in [1.807, 2.05) is 37.3 Å². The second-order valence-electron chi connectivity index (χ2n) is 6.89. The van der Waals surface area contributed by atoms with Gasteiger partial charge in [0.15, 0.2) is 0 Å². The summed E-state index contributed by atoms with van der Waals surface area (Å²) in [5.74, 6) is -0.0350. The molecule has 0 spiro atoms. The lowest BCUT2D eigenvalue weighted by Crippen LogP contribution is -2.32. The zero-order chi connectivity index (χ0) is 19.7. The first-order valence-electron chi connectivity index (χ1n) is 9.20. The molecule has 1 aliphatic rings. The summed E-state index contributed by atoms with van der Waals surface area (Å²) in [7, 11) is 0. The van der Waals surface area contributed by atoms with Crippen LogP contribution in [0, 0.1) is 6.92 Å². The van der Waals surface area contributed by atoms with Gasteiger partial charge in [-0.25, -0.2) is 4.98 Å². The van der Waals surface area contributed by atoms with Crippen LogP contribution in [0.1, 0.15) is 44.9 Å². The Kier molecular flexibility index (Phi) is 4.65. The lowest BCUT2D eigenvalue weighted by Gasteiger charge is -2.13. The van der Waals surface area contributed by atoms with Gasteiger partial charge in [0, 0.05) is 13.0 Å². The van der Waals surface area contributed by atoms with Crippen LogP contribution in [0.25, 0.3) is 11.0 Å². The highest BCUT2D eigenvalue weighted by Gasteiger charge is 2.34. The third-order valence-electron chi connectivity index (χ3n) is 4.80. The van der Waals surface area contributed by atoms with Crippen LogP contribution in [-0.4, -0.2) is 39.1 Å². The number of aromatic nitrogens is 2. The number of aromatic amines is 1. The lowest BCUT2D eigenvalue weighted by atomic mass is 10.1. The topological polar surface area (TPSA) is 95.2 Å². The van der Waals surface area contributed by atoms with E-state index in [4.69, 9.17) is 0 Å². The average Bonchev–Trinajstić information content (AvgIpc) is 3.20. The van der Waals surface area contributed by atoms with Gasteiger partial charge in [-0.3, -0.25) is 19.3 Å². The van der Waals surface area contributed by atoms with Crippen molar-refractivity contribution in [3.05, 3.63) is 65.0 Å². The molecule has 0 unspecified atom stereocenters. The summed E-state index contributed by atoms with van der Waals surface area (Å²) in [5, 5.41) is 2.81. The number of H-pyrrole nitrogens is 1. The highest BCUT2D eigenvalue weighted by atomic mass is 16.2. The average molecular weight is 376 g/mol. The van der Waals surface area contributed by atoms with Crippen molar-refractivity contribution in [3.8, 4) is 0 Å². The first-order valence-corrected chi connectivity index (χ1v) is 9.20. The Morgan fingerprint density at radius 1 is 1.11 bits per heavy atom. The Morgan fingerprint density at radius 3 is 2.71 bits per heavy atom. The van der Waals surface area contributed by atoms with Crippen molar-refractivity contribution in [3.63, 3.8) is 0 Å². The molecule has 0 bridgehead atoms. The fourth-order valence-corrected chi connectivity index (χ4v) is 3.37. The number of imidazole rings is 1. The normalized spacial score (nSPS) is 13.2. The van der Waals surface area contributed by atoms with Crippen molar-refractivity contribution < 1.29 is 14.4 Å². The number of carbonyl (C=O) groups is 3.